The van der Waals surface area contributed by atoms with Crippen molar-refractivity contribution in [3.8, 4) is 0 Å². The Balaban J connectivity index is 1.73. The van der Waals surface area contributed by atoms with Gasteiger partial charge in [0.05, 0.1) is 5.52 Å². The van der Waals surface area contributed by atoms with Crippen LogP contribution in [0, 0.1) is 12.8 Å². The Morgan fingerprint density at radius 1 is 1.24 bits per heavy atom. The summed E-state index contributed by atoms with van der Waals surface area (Å²) in [5.41, 5.74) is 3.61. The summed E-state index contributed by atoms with van der Waals surface area (Å²) >= 11 is 0. The predicted molar refractivity (Wildman–Crippen MR) is 89.4 cm³/mol. The smallest absolute Gasteiger partial charge is 0.0708 e. The van der Waals surface area contributed by atoms with Gasteiger partial charge in [-0.3, -0.25) is 4.98 Å². The third-order valence-electron chi connectivity index (χ3n) is 4.87. The van der Waals surface area contributed by atoms with Gasteiger partial charge < -0.3 is 5.32 Å². The van der Waals surface area contributed by atoms with E-state index in [0.717, 1.165) is 23.7 Å². The fraction of sp³-hybridized carbons (Fsp3) is 0.526. The molecular formula is C19H26N2. The normalized spacial score (nSPS) is 22.6. The van der Waals surface area contributed by atoms with Crippen molar-refractivity contribution in [2.75, 3.05) is 0 Å². The number of nitrogens with one attached hydrogen (secondary N) is 1. The molecule has 1 N–H and O–H groups in total. The highest BCUT2D eigenvalue weighted by molar-refractivity contribution is 5.82. The van der Waals surface area contributed by atoms with E-state index in [4.69, 9.17) is 0 Å². The Morgan fingerprint density at radius 2 is 2.10 bits per heavy atom. The molecule has 3 rings (SSSR count). The number of benzene rings is 1. The van der Waals surface area contributed by atoms with Crippen molar-refractivity contribution in [3.63, 3.8) is 0 Å². The number of para-hydroxylation sites is 1. The zero-order valence-electron chi connectivity index (χ0n) is 13.2. The number of pyridine rings is 1. The molecule has 1 fully saturated rings. The molecule has 0 aliphatic heterocycles. The van der Waals surface area contributed by atoms with Crippen molar-refractivity contribution in [2.45, 2.75) is 58.5 Å². The number of hydrogen-bond acceptors (Lipinski definition) is 2. The average molecular weight is 282 g/mol. The zero-order chi connectivity index (χ0) is 14.7. The van der Waals surface area contributed by atoms with Gasteiger partial charge in [0, 0.05) is 23.7 Å². The summed E-state index contributed by atoms with van der Waals surface area (Å²) in [6.45, 7) is 5.38. The molecule has 0 bridgehead atoms. The summed E-state index contributed by atoms with van der Waals surface area (Å²) in [5, 5.41) is 5.08. The molecule has 1 saturated carbocycles. The molecule has 1 aromatic carbocycles. The number of fused-ring (bicyclic) bond motifs is 1. The zero-order valence-corrected chi connectivity index (χ0v) is 13.2. The molecule has 0 saturated heterocycles. The highest BCUT2D eigenvalue weighted by Crippen LogP contribution is 2.27. The second kappa shape index (κ2) is 6.57. The minimum atomic E-state index is 0.691. The first kappa shape index (κ1) is 14.5. The monoisotopic (exact) mass is 282 g/mol. The van der Waals surface area contributed by atoms with Crippen LogP contribution in [0.1, 0.15) is 50.3 Å². The molecule has 0 amide bonds. The third kappa shape index (κ3) is 3.44. The van der Waals surface area contributed by atoms with Gasteiger partial charge in [-0.25, -0.2) is 0 Å². The maximum atomic E-state index is 4.63. The summed E-state index contributed by atoms with van der Waals surface area (Å²) in [6.07, 6.45) is 6.81. The van der Waals surface area contributed by atoms with E-state index in [9.17, 15) is 0 Å². The maximum absolute atomic E-state index is 4.63. The van der Waals surface area contributed by atoms with Crippen LogP contribution in [0.25, 0.3) is 10.9 Å². The quantitative estimate of drug-likeness (QED) is 0.886. The minimum absolute atomic E-state index is 0.691. The van der Waals surface area contributed by atoms with Crippen molar-refractivity contribution in [2.24, 2.45) is 5.92 Å². The number of rotatable bonds is 4. The first-order chi connectivity index (χ1) is 10.3. The van der Waals surface area contributed by atoms with Gasteiger partial charge in [-0.15, -0.1) is 0 Å². The first-order valence-corrected chi connectivity index (χ1v) is 8.35. The van der Waals surface area contributed by atoms with Crippen LogP contribution in [0.4, 0.5) is 0 Å². The number of aryl methyl sites for hydroxylation is 1. The lowest BCUT2D eigenvalue weighted by atomic mass is 9.84. The lowest BCUT2D eigenvalue weighted by Crippen LogP contribution is -2.33. The van der Waals surface area contributed by atoms with Gasteiger partial charge in [0.1, 0.15) is 0 Å². The fourth-order valence-electron chi connectivity index (χ4n) is 3.64. The highest BCUT2D eigenvalue weighted by atomic mass is 14.9. The average Bonchev–Trinajstić information content (AvgIpc) is 2.52. The molecule has 1 aliphatic rings. The van der Waals surface area contributed by atoms with Crippen molar-refractivity contribution in [1.82, 2.24) is 10.3 Å². The molecule has 112 valence electrons. The number of nitrogens with zero attached hydrogens (tertiary/aromatic N) is 1. The Morgan fingerprint density at radius 3 is 2.95 bits per heavy atom. The topological polar surface area (TPSA) is 24.9 Å². The van der Waals surface area contributed by atoms with E-state index in [0.29, 0.717) is 6.04 Å². The summed E-state index contributed by atoms with van der Waals surface area (Å²) in [5.74, 6) is 0.923. The number of hydrogen-bond donors (Lipinski definition) is 1. The van der Waals surface area contributed by atoms with Crippen molar-refractivity contribution in [1.29, 1.82) is 0 Å². The second-order valence-electron chi connectivity index (χ2n) is 6.46. The van der Waals surface area contributed by atoms with E-state index in [2.05, 4.69) is 54.5 Å². The van der Waals surface area contributed by atoms with Crippen LogP contribution in [0.2, 0.25) is 0 Å². The fourth-order valence-corrected chi connectivity index (χ4v) is 3.64. The largest absolute Gasteiger partial charge is 0.310 e. The second-order valence-corrected chi connectivity index (χ2v) is 6.46. The van der Waals surface area contributed by atoms with Gasteiger partial charge >= 0.3 is 0 Å². The summed E-state index contributed by atoms with van der Waals surface area (Å²) in [7, 11) is 0. The van der Waals surface area contributed by atoms with Crippen molar-refractivity contribution in [3.05, 3.63) is 41.6 Å². The minimum Gasteiger partial charge on any atom is -0.310 e. The molecule has 0 radical (unpaired) electrons. The third-order valence-corrected chi connectivity index (χ3v) is 4.87. The van der Waals surface area contributed by atoms with E-state index in [1.165, 1.54) is 43.1 Å². The first-order valence-electron chi connectivity index (χ1n) is 8.35. The van der Waals surface area contributed by atoms with Crippen LogP contribution in [0.3, 0.4) is 0 Å². The molecular weight excluding hydrogens is 256 g/mol. The predicted octanol–water partition coefficient (Wildman–Crippen LogP) is 4.60. The van der Waals surface area contributed by atoms with Crippen LogP contribution < -0.4 is 5.32 Å². The van der Waals surface area contributed by atoms with E-state index < -0.39 is 0 Å². The molecule has 1 aromatic heterocycles. The van der Waals surface area contributed by atoms with Gasteiger partial charge in [0.15, 0.2) is 0 Å². The SMILES string of the molecule is CCC1CCCC(NCc2cc(C)nc3ccccc23)C1. The van der Waals surface area contributed by atoms with Crippen LogP contribution in [-0.4, -0.2) is 11.0 Å². The van der Waals surface area contributed by atoms with Gasteiger partial charge in [0.2, 0.25) is 0 Å². The molecule has 21 heavy (non-hydrogen) atoms. The van der Waals surface area contributed by atoms with E-state index >= 15 is 0 Å². The van der Waals surface area contributed by atoms with E-state index in [-0.39, 0.29) is 0 Å². The lowest BCUT2D eigenvalue weighted by Gasteiger charge is -2.29. The lowest BCUT2D eigenvalue weighted by molar-refractivity contribution is 0.278. The highest BCUT2D eigenvalue weighted by Gasteiger charge is 2.20. The number of aromatic nitrogens is 1. The van der Waals surface area contributed by atoms with E-state index in [1.54, 1.807) is 0 Å². The van der Waals surface area contributed by atoms with Gasteiger partial charge in [-0.05, 0) is 43.4 Å². The van der Waals surface area contributed by atoms with E-state index in [1.807, 2.05) is 0 Å². The van der Waals surface area contributed by atoms with Gasteiger partial charge in [0.25, 0.3) is 0 Å². The molecule has 1 aliphatic carbocycles. The maximum Gasteiger partial charge on any atom is 0.0708 e. The molecule has 1 heterocycles. The Labute approximate surface area is 128 Å². The Hall–Kier alpha value is -1.41. The molecule has 2 atom stereocenters. The van der Waals surface area contributed by atoms with Crippen molar-refractivity contribution >= 4 is 10.9 Å². The molecule has 0 spiro atoms. The Bertz CT molecular complexity index is 606. The molecule has 2 aromatic rings. The van der Waals surface area contributed by atoms with Crippen LogP contribution in [0.15, 0.2) is 30.3 Å². The Kier molecular flexibility index (Phi) is 4.54. The summed E-state index contributed by atoms with van der Waals surface area (Å²) in [4.78, 5) is 4.63. The van der Waals surface area contributed by atoms with Crippen LogP contribution in [0.5, 0.6) is 0 Å². The van der Waals surface area contributed by atoms with Gasteiger partial charge in [-0.1, -0.05) is 44.4 Å². The molecule has 2 unspecified atom stereocenters. The van der Waals surface area contributed by atoms with Crippen LogP contribution >= 0.6 is 0 Å². The van der Waals surface area contributed by atoms with Crippen LogP contribution in [-0.2, 0) is 6.54 Å². The summed E-state index contributed by atoms with van der Waals surface area (Å²) < 4.78 is 0. The molecule has 2 nitrogen and oxygen atoms in total. The standard InChI is InChI=1S/C19H26N2/c1-3-15-7-6-8-17(12-15)20-13-16-11-14(2)21-19-10-5-4-9-18(16)19/h4-5,9-11,15,17,20H,3,6-8,12-13H2,1-2H3. The van der Waals surface area contributed by atoms with Crippen molar-refractivity contribution < 1.29 is 0 Å². The summed E-state index contributed by atoms with van der Waals surface area (Å²) in [6, 6.07) is 11.4. The molecule has 2 heteroatoms. The van der Waals surface area contributed by atoms with Gasteiger partial charge in [-0.2, -0.15) is 0 Å².